The molecule has 1 N–H and O–H groups in total. The molecule has 1 aliphatic heterocycles. The van der Waals surface area contributed by atoms with Crippen LogP contribution in [-0.2, 0) is 27.1 Å². The number of ether oxygens (including phenoxy) is 2. The third-order valence-corrected chi connectivity index (χ3v) is 5.86. The minimum Gasteiger partial charge on any atom is -0.497 e. The van der Waals surface area contributed by atoms with Crippen LogP contribution in [0.2, 0.25) is 0 Å². The van der Waals surface area contributed by atoms with Crippen LogP contribution >= 0.6 is 0 Å². The maximum atomic E-state index is 12.8. The Hall–Kier alpha value is -3.13. The van der Waals surface area contributed by atoms with E-state index in [0.717, 1.165) is 22.7 Å². The topological polar surface area (TPSA) is 82.4 Å². The number of hydrogen-bond acceptors (Lipinski definition) is 5. The summed E-state index contributed by atoms with van der Waals surface area (Å²) >= 11 is 0. The molecule has 2 atom stereocenters. The first-order valence-electron chi connectivity index (χ1n) is 9.18. The lowest BCUT2D eigenvalue weighted by Crippen LogP contribution is -2.31. The van der Waals surface area contributed by atoms with Crippen molar-refractivity contribution in [1.29, 1.82) is 0 Å². The number of methoxy groups -OCH3 is 1. The standard InChI is InChI=1S/C21H21N3O4S/c1-14(28-17-6-4-3-5-7-17)21(25)22-20-18-12-29(26)13-19(18)23-24(20)15-8-10-16(27-2)11-9-15/h3-11,14H,12-13H2,1-2H3,(H,22,25)/t14-,29-/m0/s1. The van der Waals surface area contributed by atoms with E-state index >= 15 is 0 Å². The molecule has 0 spiro atoms. The normalized spacial score (nSPS) is 16.1. The summed E-state index contributed by atoms with van der Waals surface area (Å²) in [4.78, 5) is 12.8. The number of carbonyl (C=O) groups excluding carboxylic acids is 1. The number of nitrogens with one attached hydrogen (secondary N) is 1. The number of benzene rings is 2. The lowest BCUT2D eigenvalue weighted by Gasteiger charge is -2.16. The Morgan fingerprint density at radius 2 is 1.83 bits per heavy atom. The highest BCUT2D eigenvalue weighted by molar-refractivity contribution is 7.83. The molecule has 3 aromatic rings. The fourth-order valence-corrected chi connectivity index (χ4v) is 4.41. The molecular formula is C21H21N3O4S. The minimum absolute atomic E-state index is 0.302. The van der Waals surface area contributed by atoms with Gasteiger partial charge < -0.3 is 14.8 Å². The van der Waals surface area contributed by atoms with Crippen molar-refractivity contribution in [2.45, 2.75) is 24.5 Å². The van der Waals surface area contributed by atoms with Crippen LogP contribution in [0.1, 0.15) is 18.2 Å². The summed E-state index contributed by atoms with van der Waals surface area (Å²) in [5, 5.41) is 7.52. The van der Waals surface area contributed by atoms with Gasteiger partial charge in [-0.25, -0.2) is 4.68 Å². The first kappa shape index (κ1) is 19.2. The zero-order valence-corrected chi connectivity index (χ0v) is 16.9. The molecule has 7 nitrogen and oxygen atoms in total. The number of carbonyl (C=O) groups is 1. The highest BCUT2D eigenvalue weighted by Crippen LogP contribution is 2.32. The SMILES string of the molecule is COc1ccc(-n2nc3c(c2NC(=O)[C@H](C)Oc2ccccc2)C[S@](=O)C3)cc1. The van der Waals surface area contributed by atoms with Crippen molar-refractivity contribution in [2.24, 2.45) is 0 Å². The Balaban J connectivity index is 1.61. The lowest BCUT2D eigenvalue weighted by atomic mass is 10.2. The number of fused-ring (bicyclic) bond motifs is 1. The molecule has 0 aliphatic carbocycles. The number of aromatic nitrogens is 2. The van der Waals surface area contributed by atoms with Crippen molar-refractivity contribution < 1.29 is 18.5 Å². The van der Waals surface area contributed by atoms with Crippen molar-refractivity contribution >= 4 is 22.5 Å². The average molecular weight is 411 g/mol. The summed E-state index contributed by atoms with van der Waals surface area (Å²) < 4.78 is 24.6. The Labute approximate surface area is 171 Å². The Bertz CT molecular complexity index is 1050. The zero-order valence-electron chi connectivity index (χ0n) is 16.1. The fraction of sp³-hybridized carbons (Fsp3) is 0.238. The van der Waals surface area contributed by atoms with Gasteiger partial charge in [-0.2, -0.15) is 5.10 Å². The molecule has 0 unspecified atom stereocenters. The van der Waals surface area contributed by atoms with Gasteiger partial charge in [0.15, 0.2) is 6.10 Å². The van der Waals surface area contributed by atoms with Gasteiger partial charge in [0.05, 0.1) is 30.0 Å². The van der Waals surface area contributed by atoms with E-state index in [9.17, 15) is 9.00 Å². The van der Waals surface area contributed by atoms with Gasteiger partial charge in [0.25, 0.3) is 5.91 Å². The van der Waals surface area contributed by atoms with E-state index < -0.39 is 16.9 Å². The lowest BCUT2D eigenvalue weighted by molar-refractivity contribution is -0.122. The number of nitrogens with zero attached hydrogens (tertiary/aromatic N) is 2. The van der Waals surface area contributed by atoms with E-state index in [2.05, 4.69) is 10.4 Å². The second kappa shape index (κ2) is 8.08. The Morgan fingerprint density at radius 1 is 1.10 bits per heavy atom. The van der Waals surface area contributed by atoms with Gasteiger partial charge in [0.1, 0.15) is 17.3 Å². The summed E-state index contributed by atoms with van der Waals surface area (Å²) in [6, 6.07) is 16.5. The average Bonchev–Trinajstić information content (AvgIpc) is 3.25. The highest BCUT2D eigenvalue weighted by atomic mass is 32.2. The summed E-state index contributed by atoms with van der Waals surface area (Å²) in [6.45, 7) is 1.69. The van der Waals surface area contributed by atoms with Crippen LogP contribution in [0, 0.1) is 0 Å². The monoisotopic (exact) mass is 411 g/mol. The molecule has 0 saturated heterocycles. The van der Waals surface area contributed by atoms with Crippen molar-refractivity contribution in [2.75, 3.05) is 12.4 Å². The maximum absolute atomic E-state index is 12.8. The second-order valence-corrected chi connectivity index (χ2v) is 8.13. The third-order valence-electron chi connectivity index (χ3n) is 4.65. The van der Waals surface area contributed by atoms with Crippen LogP contribution in [0.4, 0.5) is 5.82 Å². The smallest absolute Gasteiger partial charge is 0.266 e. The predicted octanol–water partition coefficient (Wildman–Crippen LogP) is 3.05. The Morgan fingerprint density at radius 3 is 2.52 bits per heavy atom. The molecule has 0 bridgehead atoms. The molecule has 1 aliphatic rings. The number of para-hydroxylation sites is 1. The van der Waals surface area contributed by atoms with Crippen molar-refractivity contribution in [3.05, 3.63) is 65.9 Å². The van der Waals surface area contributed by atoms with E-state index in [4.69, 9.17) is 9.47 Å². The summed E-state index contributed by atoms with van der Waals surface area (Å²) in [5.41, 5.74) is 2.32. The molecule has 2 aromatic carbocycles. The molecule has 0 fully saturated rings. The molecule has 0 radical (unpaired) electrons. The molecule has 2 heterocycles. The summed E-state index contributed by atoms with van der Waals surface area (Å²) in [5.74, 6) is 2.33. The second-order valence-electron chi connectivity index (χ2n) is 6.67. The fourth-order valence-electron chi connectivity index (χ4n) is 3.14. The van der Waals surface area contributed by atoms with Gasteiger partial charge in [0, 0.05) is 16.4 Å². The van der Waals surface area contributed by atoms with Gasteiger partial charge in [-0.1, -0.05) is 18.2 Å². The molecule has 150 valence electrons. The third kappa shape index (κ3) is 4.02. The molecule has 1 amide bonds. The summed E-state index contributed by atoms with van der Waals surface area (Å²) in [6.07, 6.45) is -0.709. The molecule has 1 aromatic heterocycles. The first-order chi connectivity index (χ1) is 14.0. The quantitative estimate of drug-likeness (QED) is 0.674. The van der Waals surface area contributed by atoms with Gasteiger partial charge in [0.2, 0.25) is 0 Å². The first-order valence-corrected chi connectivity index (χ1v) is 10.7. The van der Waals surface area contributed by atoms with E-state index in [-0.39, 0.29) is 5.91 Å². The molecule has 0 saturated carbocycles. The maximum Gasteiger partial charge on any atom is 0.266 e. The Kier molecular flexibility index (Phi) is 5.35. The molecule has 4 rings (SSSR count). The van der Waals surface area contributed by atoms with Crippen LogP contribution in [0.5, 0.6) is 11.5 Å². The summed E-state index contributed by atoms with van der Waals surface area (Å²) in [7, 11) is 0.600. The van der Waals surface area contributed by atoms with E-state index in [1.807, 2.05) is 42.5 Å². The molecule has 29 heavy (non-hydrogen) atoms. The number of hydrogen-bond donors (Lipinski definition) is 1. The minimum atomic E-state index is -1.00. The highest BCUT2D eigenvalue weighted by Gasteiger charge is 2.29. The number of amides is 1. The molecule has 8 heteroatoms. The number of anilines is 1. The van der Waals surface area contributed by atoms with Crippen LogP contribution in [0.3, 0.4) is 0 Å². The molecular weight excluding hydrogens is 390 g/mol. The van der Waals surface area contributed by atoms with Crippen LogP contribution < -0.4 is 14.8 Å². The van der Waals surface area contributed by atoms with Crippen LogP contribution in [-0.4, -0.2) is 33.1 Å². The number of rotatable bonds is 6. The van der Waals surface area contributed by atoms with Gasteiger partial charge in [-0.3, -0.25) is 9.00 Å². The van der Waals surface area contributed by atoms with Crippen molar-refractivity contribution in [3.8, 4) is 17.2 Å². The largest absolute Gasteiger partial charge is 0.497 e. The van der Waals surface area contributed by atoms with Crippen LogP contribution in [0.15, 0.2) is 54.6 Å². The van der Waals surface area contributed by atoms with Crippen LogP contribution in [0.25, 0.3) is 5.69 Å². The van der Waals surface area contributed by atoms with E-state index in [1.54, 1.807) is 30.8 Å². The van der Waals surface area contributed by atoms with E-state index in [0.29, 0.717) is 23.1 Å². The zero-order chi connectivity index (χ0) is 20.4. The predicted molar refractivity (Wildman–Crippen MR) is 111 cm³/mol. The van der Waals surface area contributed by atoms with E-state index in [1.165, 1.54) is 0 Å². The van der Waals surface area contributed by atoms with Gasteiger partial charge in [-0.15, -0.1) is 0 Å². The van der Waals surface area contributed by atoms with Gasteiger partial charge >= 0.3 is 0 Å². The van der Waals surface area contributed by atoms with Crippen molar-refractivity contribution in [1.82, 2.24) is 9.78 Å². The van der Waals surface area contributed by atoms with Crippen molar-refractivity contribution in [3.63, 3.8) is 0 Å². The van der Waals surface area contributed by atoms with Gasteiger partial charge in [-0.05, 0) is 43.3 Å².